The van der Waals surface area contributed by atoms with E-state index in [1.54, 1.807) is 29.7 Å². The van der Waals surface area contributed by atoms with E-state index in [-0.39, 0.29) is 6.03 Å². The molecule has 0 saturated carbocycles. The molecule has 2 heterocycles. The van der Waals surface area contributed by atoms with Gasteiger partial charge in [-0.1, -0.05) is 6.07 Å². The van der Waals surface area contributed by atoms with Crippen LogP contribution in [-0.4, -0.2) is 13.1 Å². The van der Waals surface area contributed by atoms with Crippen molar-refractivity contribution in [3.8, 4) is 10.4 Å². The molecule has 2 rings (SSSR count). The zero-order valence-electron chi connectivity index (χ0n) is 8.11. The number of hydrogen-bond donors (Lipinski definition) is 2. The fourth-order valence-corrected chi connectivity index (χ4v) is 2.81. The molecule has 3 nitrogen and oxygen atoms in total. The quantitative estimate of drug-likeness (QED) is 0.828. The lowest BCUT2D eigenvalue weighted by Gasteiger charge is -2.04. The third-order valence-electron chi connectivity index (χ3n) is 1.92. The van der Waals surface area contributed by atoms with Crippen molar-refractivity contribution in [2.45, 2.75) is 0 Å². The van der Waals surface area contributed by atoms with Gasteiger partial charge in [0.2, 0.25) is 0 Å². The highest BCUT2D eigenvalue weighted by Crippen LogP contribution is 2.34. The molecule has 78 valence electrons. The van der Waals surface area contributed by atoms with Gasteiger partial charge >= 0.3 is 6.03 Å². The van der Waals surface area contributed by atoms with E-state index in [0.717, 1.165) is 11.3 Å². The minimum atomic E-state index is -0.189. The molecule has 15 heavy (non-hydrogen) atoms. The largest absolute Gasteiger partial charge is 0.341 e. The summed E-state index contributed by atoms with van der Waals surface area (Å²) in [5.41, 5.74) is 1.94. The number of urea groups is 1. The van der Waals surface area contributed by atoms with Crippen molar-refractivity contribution < 1.29 is 4.79 Å². The third-order valence-corrected chi connectivity index (χ3v) is 3.57. The molecule has 0 radical (unpaired) electrons. The highest BCUT2D eigenvalue weighted by molar-refractivity contribution is 7.14. The molecule has 2 aromatic rings. The summed E-state index contributed by atoms with van der Waals surface area (Å²) < 4.78 is 0. The molecule has 0 spiro atoms. The number of amides is 2. The molecule has 0 fully saturated rings. The highest BCUT2D eigenvalue weighted by atomic mass is 32.1. The lowest BCUT2D eigenvalue weighted by molar-refractivity contribution is 0.254. The molecular weight excluding hydrogens is 228 g/mol. The number of carbonyl (C=O) groups excluding carboxylic acids is 1. The van der Waals surface area contributed by atoms with Gasteiger partial charge in [-0.3, -0.25) is 0 Å². The predicted octanol–water partition coefficient (Wildman–Crippen LogP) is 3.23. The second-order valence-corrected chi connectivity index (χ2v) is 4.57. The first-order valence-electron chi connectivity index (χ1n) is 4.40. The Labute approximate surface area is 95.8 Å². The van der Waals surface area contributed by atoms with Crippen LogP contribution in [0.25, 0.3) is 10.4 Å². The SMILES string of the molecule is CNC(=O)Nc1cscc1-c1cccs1. The first-order valence-corrected chi connectivity index (χ1v) is 6.22. The molecule has 0 aromatic carbocycles. The van der Waals surface area contributed by atoms with E-state index < -0.39 is 0 Å². The number of thiophene rings is 2. The van der Waals surface area contributed by atoms with Gasteiger partial charge in [0.05, 0.1) is 5.69 Å². The Morgan fingerprint density at radius 2 is 2.27 bits per heavy atom. The van der Waals surface area contributed by atoms with Gasteiger partial charge in [0.1, 0.15) is 0 Å². The zero-order valence-corrected chi connectivity index (χ0v) is 9.74. The van der Waals surface area contributed by atoms with Gasteiger partial charge in [0.15, 0.2) is 0 Å². The molecule has 0 saturated heterocycles. The van der Waals surface area contributed by atoms with Gasteiger partial charge in [-0.05, 0) is 11.4 Å². The monoisotopic (exact) mass is 238 g/mol. The number of nitrogens with one attached hydrogen (secondary N) is 2. The van der Waals surface area contributed by atoms with Crippen LogP contribution in [0.2, 0.25) is 0 Å². The van der Waals surface area contributed by atoms with Gasteiger partial charge in [0.25, 0.3) is 0 Å². The van der Waals surface area contributed by atoms with Gasteiger partial charge in [-0.15, -0.1) is 22.7 Å². The summed E-state index contributed by atoms with van der Waals surface area (Å²) in [5.74, 6) is 0. The summed E-state index contributed by atoms with van der Waals surface area (Å²) in [4.78, 5) is 12.4. The second kappa shape index (κ2) is 4.46. The van der Waals surface area contributed by atoms with Crippen LogP contribution in [0.4, 0.5) is 10.5 Å². The third kappa shape index (κ3) is 2.19. The topological polar surface area (TPSA) is 41.1 Å². The Kier molecular flexibility index (Phi) is 3.03. The molecular formula is C10H10N2OS2. The second-order valence-electron chi connectivity index (χ2n) is 2.88. The van der Waals surface area contributed by atoms with Crippen molar-refractivity contribution in [2.75, 3.05) is 12.4 Å². The molecule has 5 heteroatoms. The molecule has 0 aliphatic carbocycles. The van der Waals surface area contributed by atoms with Crippen molar-refractivity contribution in [3.05, 3.63) is 28.3 Å². The summed E-state index contributed by atoms with van der Waals surface area (Å²) >= 11 is 3.25. The summed E-state index contributed by atoms with van der Waals surface area (Å²) in [6.45, 7) is 0. The van der Waals surface area contributed by atoms with E-state index in [0.29, 0.717) is 0 Å². The lowest BCUT2D eigenvalue weighted by atomic mass is 10.2. The van der Waals surface area contributed by atoms with Crippen LogP contribution < -0.4 is 10.6 Å². The summed E-state index contributed by atoms with van der Waals surface area (Å²) in [6.07, 6.45) is 0. The molecule has 0 bridgehead atoms. The van der Waals surface area contributed by atoms with E-state index in [1.165, 1.54) is 4.88 Å². The Hall–Kier alpha value is -1.33. The summed E-state index contributed by atoms with van der Waals surface area (Å²) in [5, 5.41) is 11.3. The predicted molar refractivity (Wildman–Crippen MR) is 65.7 cm³/mol. The van der Waals surface area contributed by atoms with Crippen molar-refractivity contribution in [2.24, 2.45) is 0 Å². The Morgan fingerprint density at radius 1 is 1.40 bits per heavy atom. The molecule has 2 amide bonds. The smallest absolute Gasteiger partial charge is 0.319 e. The maximum atomic E-state index is 11.2. The number of carbonyl (C=O) groups is 1. The number of rotatable bonds is 2. The molecule has 0 aliphatic heterocycles. The molecule has 2 aromatic heterocycles. The van der Waals surface area contributed by atoms with E-state index >= 15 is 0 Å². The normalized spacial score (nSPS) is 9.93. The molecule has 2 N–H and O–H groups in total. The van der Waals surface area contributed by atoms with Crippen molar-refractivity contribution in [1.82, 2.24) is 5.32 Å². The summed E-state index contributed by atoms with van der Waals surface area (Å²) in [7, 11) is 1.60. The summed E-state index contributed by atoms with van der Waals surface area (Å²) in [6, 6.07) is 3.86. The van der Waals surface area contributed by atoms with Crippen LogP contribution in [-0.2, 0) is 0 Å². The number of hydrogen-bond acceptors (Lipinski definition) is 3. The van der Waals surface area contributed by atoms with Gasteiger partial charge in [-0.2, -0.15) is 0 Å². The molecule has 0 aliphatic rings. The van der Waals surface area contributed by atoms with Crippen molar-refractivity contribution in [1.29, 1.82) is 0 Å². The van der Waals surface area contributed by atoms with E-state index in [4.69, 9.17) is 0 Å². The maximum Gasteiger partial charge on any atom is 0.319 e. The van der Waals surface area contributed by atoms with Gasteiger partial charge < -0.3 is 10.6 Å². The minimum Gasteiger partial charge on any atom is -0.341 e. The fraction of sp³-hybridized carbons (Fsp3) is 0.100. The Bertz CT molecular complexity index is 448. The van der Waals surface area contributed by atoms with Crippen LogP contribution in [0.5, 0.6) is 0 Å². The van der Waals surface area contributed by atoms with Crippen LogP contribution in [0.1, 0.15) is 0 Å². The van der Waals surface area contributed by atoms with Crippen LogP contribution in [0.15, 0.2) is 28.3 Å². The first kappa shape index (κ1) is 10.2. The maximum absolute atomic E-state index is 11.2. The lowest BCUT2D eigenvalue weighted by Crippen LogP contribution is -2.24. The van der Waals surface area contributed by atoms with E-state index in [2.05, 4.69) is 10.6 Å². The van der Waals surface area contributed by atoms with E-state index in [9.17, 15) is 4.79 Å². The van der Waals surface area contributed by atoms with Crippen LogP contribution in [0.3, 0.4) is 0 Å². The van der Waals surface area contributed by atoms with Crippen molar-refractivity contribution in [3.63, 3.8) is 0 Å². The van der Waals surface area contributed by atoms with Crippen LogP contribution in [0, 0.1) is 0 Å². The number of anilines is 1. The molecule has 0 atom stereocenters. The molecule has 0 unspecified atom stereocenters. The average molecular weight is 238 g/mol. The average Bonchev–Trinajstić information content (AvgIpc) is 2.86. The van der Waals surface area contributed by atoms with Crippen molar-refractivity contribution >= 4 is 34.4 Å². The Morgan fingerprint density at radius 3 is 2.93 bits per heavy atom. The van der Waals surface area contributed by atoms with Crippen LogP contribution >= 0.6 is 22.7 Å². The highest BCUT2D eigenvalue weighted by Gasteiger charge is 2.08. The first-order chi connectivity index (χ1) is 7.31. The van der Waals surface area contributed by atoms with Gasteiger partial charge in [0, 0.05) is 28.2 Å². The van der Waals surface area contributed by atoms with Gasteiger partial charge in [-0.25, -0.2) is 4.79 Å². The minimum absolute atomic E-state index is 0.189. The zero-order chi connectivity index (χ0) is 10.7. The standard InChI is InChI=1S/C10H10N2OS2/c1-11-10(13)12-8-6-14-5-7(8)9-3-2-4-15-9/h2-6H,1H3,(H2,11,12,13). The Balaban J connectivity index is 2.27. The fourth-order valence-electron chi connectivity index (χ4n) is 1.20. The van der Waals surface area contributed by atoms with E-state index in [1.807, 2.05) is 28.3 Å².